The number of ether oxygens (including phenoxy) is 2. The van der Waals surface area contributed by atoms with Gasteiger partial charge in [0.15, 0.2) is 0 Å². The van der Waals surface area contributed by atoms with Crippen molar-refractivity contribution in [3.05, 3.63) is 35.4 Å². The summed E-state index contributed by atoms with van der Waals surface area (Å²) >= 11 is 0. The lowest BCUT2D eigenvalue weighted by atomic mass is 9.98. The Morgan fingerprint density at radius 1 is 1.17 bits per heavy atom. The molecule has 2 aliphatic rings. The molecule has 0 unspecified atom stereocenters. The minimum atomic E-state index is -0.298. The number of methoxy groups -OCH3 is 1. The smallest absolute Gasteiger partial charge is 0.327 e. The largest absolute Gasteiger partial charge is 0.468 e. The van der Waals surface area contributed by atoms with E-state index in [1.165, 1.54) is 7.11 Å². The summed E-state index contributed by atoms with van der Waals surface area (Å²) in [5.74, 6) is -0.163. The number of nitrogens with zero attached hydrogens (tertiary/aromatic N) is 2. The molecule has 5 nitrogen and oxygen atoms in total. The average Bonchev–Trinajstić information content (AvgIpc) is 2.64. The first-order valence-corrected chi connectivity index (χ1v) is 8.90. The van der Waals surface area contributed by atoms with Crippen molar-refractivity contribution in [3.8, 4) is 0 Å². The van der Waals surface area contributed by atoms with Crippen molar-refractivity contribution in [2.45, 2.75) is 31.8 Å². The van der Waals surface area contributed by atoms with E-state index in [1.54, 1.807) is 0 Å². The number of aryl methyl sites for hydroxylation is 1. The van der Waals surface area contributed by atoms with Gasteiger partial charge in [-0.3, -0.25) is 9.80 Å². The molecule has 3 rings (SSSR count). The fourth-order valence-electron chi connectivity index (χ4n) is 3.89. The van der Waals surface area contributed by atoms with Crippen LogP contribution in [0.5, 0.6) is 0 Å². The van der Waals surface area contributed by atoms with Gasteiger partial charge in [0, 0.05) is 45.4 Å². The van der Waals surface area contributed by atoms with Crippen molar-refractivity contribution < 1.29 is 14.3 Å². The molecule has 0 aromatic heterocycles. The summed E-state index contributed by atoms with van der Waals surface area (Å²) in [6, 6.07) is 8.45. The van der Waals surface area contributed by atoms with Gasteiger partial charge in [0.2, 0.25) is 0 Å². The highest BCUT2D eigenvalue weighted by Crippen LogP contribution is 2.27. The summed E-state index contributed by atoms with van der Waals surface area (Å²) in [5.41, 5.74) is 2.20. The maximum Gasteiger partial charge on any atom is 0.327 e. The number of hydrogen-bond acceptors (Lipinski definition) is 5. The Hall–Kier alpha value is -1.43. The number of benzene rings is 1. The minimum Gasteiger partial charge on any atom is -0.468 e. The Bertz CT molecular complexity index is 549. The maximum atomic E-state index is 12.5. The predicted octanol–water partition coefficient (Wildman–Crippen LogP) is 2.01. The van der Waals surface area contributed by atoms with Gasteiger partial charge < -0.3 is 9.47 Å². The van der Waals surface area contributed by atoms with E-state index >= 15 is 0 Å². The van der Waals surface area contributed by atoms with Crippen LogP contribution in [0.3, 0.4) is 0 Å². The predicted molar refractivity (Wildman–Crippen MR) is 92.9 cm³/mol. The number of rotatable bonds is 4. The van der Waals surface area contributed by atoms with Crippen molar-refractivity contribution >= 4 is 5.97 Å². The molecule has 0 N–H and O–H groups in total. The van der Waals surface area contributed by atoms with Gasteiger partial charge >= 0.3 is 5.97 Å². The number of piperazine rings is 1. The number of hydrogen-bond donors (Lipinski definition) is 0. The summed E-state index contributed by atoms with van der Waals surface area (Å²) < 4.78 is 10.6. The molecule has 0 amide bonds. The molecule has 0 saturated carbocycles. The molecule has 132 valence electrons. The molecule has 0 aliphatic carbocycles. The first kappa shape index (κ1) is 17.4. The highest BCUT2D eigenvalue weighted by atomic mass is 16.5. The molecule has 1 aromatic rings. The van der Waals surface area contributed by atoms with Crippen molar-refractivity contribution in [3.63, 3.8) is 0 Å². The highest BCUT2D eigenvalue weighted by molar-refractivity contribution is 5.78. The number of carbonyl (C=O) groups is 1. The van der Waals surface area contributed by atoms with Gasteiger partial charge in [0.25, 0.3) is 0 Å². The summed E-state index contributed by atoms with van der Waals surface area (Å²) in [7, 11) is 1.48. The molecule has 2 fully saturated rings. The molecule has 5 heteroatoms. The van der Waals surface area contributed by atoms with Crippen molar-refractivity contribution in [1.82, 2.24) is 9.80 Å². The van der Waals surface area contributed by atoms with Gasteiger partial charge in [-0.1, -0.05) is 24.3 Å². The quantitative estimate of drug-likeness (QED) is 0.789. The molecule has 0 bridgehead atoms. The van der Waals surface area contributed by atoms with Crippen LogP contribution in [0.25, 0.3) is 0 Å². The van der Waals surface area contributed by atoms with E-state index in [-0.39, 0.29) is 12.0 Å². The van der Waals surface area contributed by atoms with Crippen LogP contribution in [0.2, 0.25) is 0 Å². The van der Waals surface area contributed by atoms with Crippen molar-refractivity contribution in [1.29, 1.82) is 0 Å². The van der Waals surface area contributed by atoms with E-state index in [0.717, 1.165) is 63.4 Å². The summed E-state index contributed by atoms with van der Waals surface area (Å²) in [6.45, 7) is 7.60. The molecule has 1 atom stereocenters. The van der Waals surface area contributed by atoms with E-state index in [1.807, 2.05) is 18.2 Å². The molecule has 1 aromatic carbocycles. The third kappa shape index (κ3) is 3.79. The lowest BCUT2D eigenvalue weighted by Gasteiger charge is -2.42. The monoisotopic (exact) mass is 332 g/mol. The van der Waals surface area contributed by atoms with E-state index in [0.29, 0.717) is 6.04 Å². The summed E-state index contributed by atoms with van der Waals surface area (Å²) in [5, 5.41) is 0. The maximum absolute atomic E-state index is 12.5. The third-order valence-electron chi connectivity index (χ3n) is 5.33. The van der Waals surface area contributed by atoms with Gasteiger partial charge in [-0.15, -0.1) is 0 Å². The molecular formula is C19H28N2O3. The Morgan fingerprint density at radius 3 is 2.46 bits per heavy atom. The Balaban J connectivity index is 1.69. The molecule has 0 spiro atoms. The van der Waals surface area contributed by atoms with Crippen molar-refractivity contribution in [2.24, 2.45) is 0 Å². The van der Waals surface area contributed by atoms with E-state index in [4.69, 9.17) is 9.47 Å². The number of carbonyl (C=O) groups excluding carboxylic acids is 1. The highest BCUT2D eigenvalue weighted by Gasteiger charge is 2.33. The fraction of sp³-hybridized carbons (Fsp3) is 0.632. The second-order valence-corrected chi connectivity index (χ2v) is 6.70. The van der Waals surface area contributed by atoms with Crippen LogP contribution >= 0.6 is 0 Å². The lowest BCUT2D eigenvalue weighted by molar-refractivity contribution is -0.148. The second-order valence-electron chi connectivity index (χ2n) is 6.70. The molecular weight excluding hydrogens is 304 g/mol. The molecule has 2 aliphatic heterocycles. The fourth-order valence-corrected chi connectivity index (χ4v) is 3.89. The minimum absolute atomic E-state index is 0.163. The van der Waals surface area contributed by atoms with Gasteiger partial charge in [0.1, 0.15) is 6.04 Å². The zero-order valence-electron chi connectivity index (χ0n) is 14.7. The van der Waals surface area contributed by atoms with Crippen LogP contribution < -0.4 is 0 Å². The van der Waals surface area contributed by atoms with Gasteiger partial charge in [-0.05, 0) is 30.9 Å². The van der Waals surface area contributed by atoms with Gasteiger partial charge in [-0.25, -0.2) is 4.79 Å². The zero-order valence-corrected chi connectivity index (χ0v) is 14.7. The molecule has 2 saturated heterocycles. The molecule has 24 heavy (non-hydrogen) atoms. The van der Waals surface area contributed by atoms with Crippen molar-refractivity contribution in [2.75, 3.05) is 46.5 Å². The summed E-state index contributed by atoms with van der Waals surface area (Å²) in [4.78, 5) is 17.3. The van der Waals surface area contributed by atoms with Crippen LogP contribution in [0.1, 0.15) is 30.0 Å². The van der Waals surface area contributed by atoms with E-state index in [2.05, 4.69) is 22.8 Å². The lowest BCUT2D eigenvalue weighted by Crippen LogP contribution is -2.53. The Morgan fingerprint density at radius 2 is 1.83 bits per heavy atom. The first-order valence-electron chi connectivity index (χ1n) is 8.90. The SMILES string of the molecule is COC(=O)[C@@H](c1ccccc1C)N1CCN(C2CCOCC2)CC1. The first-order chi connectivity index (χ1) is 11.7. The standard InChI is InChI=1S/C19H28N2O3/c1-15-5-3-4-6-17(15)18(19(22)23-2)21-11-9-20(10-12-21)16-7-13-24-14-8-16/h3-6,16,18H,7-14H2,1-2H3/t18-/m1/s1. The number of esters is 1. The third-order valence-corrected chi connectivity index (χ3v) is 5.33. The Labute approximate surface area is 144 Å². The average molecular weight is 332 g/mol. The molecule has 2 heterocycles. The Kier molecular flexibility index (Phi) is 5.87. The second kappa shape index (κ2) is 8.10. The normalized spacial score (nSPS) is 22.2. The summed E-state index contributed by atoms with van der Waals surface area (Å²) in [6.07, 6.45) is 2.25. The van der Waals surface area contributed by atoms with Crippen LogP contribution in [0, 0.1) is 6.92 Å². The zero-order chi connectivity index (χ0) is 16.9. The van der Waals surface area contributed by atoms with E-state index in [9.17, 15) is 4.79 Å². The van der Waals surface area contributed by atoms with Crippen LogP contribution in [-0.4, -0.2) is 68.3 Å². The van der Waals surface area contributed by atoms with Crippen LogP contribution in [-0.2, 0) is 14.3 Å². The molecule has 0 radical (unpaired) electrons. The van der Waals surface area contributed by atoms with Crippen LogP contribution in [0.4, 0.5) is 0 Å². The van der Waals surface area contributed by atoms with E-state index < -0.39 is 0 Å². The van der Waals surface area contributed by atoms with Gasteiger partial charge in [-0.2, -0.15) is 0 Å². The topological polar surface area (TPSA) is 42.0 Å². The van der Waals surface area contributed by atoms with Gasteiger partial charge in [0.05, 0.1) is 7.11 Å². The van der Waals surface area contributed by atoms with Crippen LogP contribution in [0.15, 0.2) is 24.3 Å².